The minimum atomic E-state index is -0.492. The maximum absolute atomic E-state index is 12.1. The monoisotopic (exact) mass is 291 g/mol. The van der Waals surface area contributed by atoms with Gasteiger partial charge in [0.1, 0.15) is 6.61 Å². The molecule has 0 aromatic carbocycles. The van der Waals surface area contributed by atoms with Gasteiger partial charge < -0.3 is 10.5 Å². The van der Waals surface area contributed by atoms with E-state index in [0.717, 1.165) is 6.42 Å². The largest absolute Gasteiger partial charge is 0.454 e. The average molecular weight is 291 g/mol. The van der Waals surface area contributed by atoms with Crippen LogP contribution in [0.4, 0.5) is 5.69 Å². The molecule has 114 valence electrons. The highest BCUT2D eigenvalue weighted by molar-refractivity contribution is 5.93. The summed E-state index contributed by atoms with van der Waals surface area (Å²) in [6.45, 7) is 6.05. The molecule has 0 amide bonds. The van der Waals surface area contributed by atoms with Gasteiger partial charge in [0.05, 0.1) is 17.1 Å². The number of nitrogens with zero attached hydrogens (tertiary/aromatic N) is 4. The van der Waals surface area contributed by atoms with Crippen molar-refractivity contribution in [2.75, 3.05) is 5.73 Å². The van der Waals surface area contributed by atoms with Gasteiger partial charge >= 0.3 is 5.97 Å². The van der Waals surface area contributed by atoms with E-state index in [1.807, 2.05) is 16.9 Å². The van der Waals surface area contributed by atoms with Crippen LogP contribution in [-0.4, -0.2) is 25.5 Å². The Bertz CT molecular complexity index is 644. The fraction of sp³-hybridized carbons (Fsp3) is 0.500. The number of hydrogen-bond donors (Lipinski definition) is 1. The summed E-state index contributed by atoms with van der Waals surface area (Å²) in [5, 5.41) is 8.48. The number of aryl methyl sites for hydroxylation is 2. The minimum absolute atomic E-state index is 0.117. The molecule has 2 N–H and O–H groups in total. The van der Waals surface area contributed by atoms with E-state index in [0.29, 0.717) is 23.1 Å². The molecule has 7 nitrogen and oxygen atoms in total. The number of esters is 1. The second kappa shape index (κ2) is 5.99. The third kappa shape index (κ3) is 3.07. The highest BCUT2D eigenvalue weighted by Gasteiger charge is 2.19. The zero-order chi connectivity index (χ0) is 15.6. The number of nitrogen functional groups attached to an aromatic ring is 1. The third-order valence-corrected chi connectivity index (χ3v) is 3.52. The molecular formula is C14H21N5O2. The number of carbonyl (C=O) groups is 1. The molecule has 0 radical (unpaired) electrons. The van der Waals surface area contributed by atoms with Gasteiger partial charge in [0.15, 0.2) is 5.69 Å². The Balaban J connectivity index is 2.03. The van der Waals surface area contributed by atoms with Crippen molar-refractivity contribution in [3.63, 3.8) is 0 Å². The Morgan fingerprint density at radius 3 is 2.76 bits per heavy atom. The van der Waals surface area contributed by atoms with Gasteiger partial charge in [-0.05, 0) is 26.3 Å². The summed E-state index contributed by atoms with van der Waals surface area (Å²) in [4.78, 5) is 12.1. The molecule has 0 aliphatic heterocycles. The van der Waals surface area contributed by atoms with Crippen LogP contribution in [0.1, 0.15) is 48.2 Å². The van der Waals surface area contributed by atoms with Crippen molar-refractivity contribution in [3.05, 3.63) is 29.3 Å². The van der Waals surface area contributed by atoms with Crippen LogP contribution < -0.4 is 5.73 Å². The maximum Gasteiger partial charge on any atom is 0.359 e. The van der Waals surface area contributed by atoms with Crippen molar-refractivity contribution >= 4 is 11.7 Å². The van der Waals surface area contributed by atoms with Crippen molar-refractivity contribution in [3.8, 4) is 0 Å². The van der Waals surface area contributed by atoms with Crippen LogP contribution in [0.5, 0.6) is 0 Å². The SMILES string of the molecule is CCC(C)n1ccc(COC(=O)c2c(N)c(C)nn2C)n1. The first-order valence-corrected chi connectivity index (χ1v) is 6.94. The summed E-state index contributed by atoms with van der Waals surface area (Å²) >= 11 is 0. The molecule has 0 fully saturated rings. The van der Waals surface area contributed by atoms with Crippen molar-refractivity contribution in [1.82, 2.24) is 19.6 Å². The Labute approximate surface area is 123 Å². The third-order valence-electron chi connectivity index (χ3n) is 3.52. The van der Waals surface area contributed by atoms with Crippen molar-refractivity contribution in [1.29, 1.82) is 0 Å². The van der Waals surface area contributed by atoms with Gasteiger partial charge in [-0.2, -0.15) is 10.2 Å². The summed E-state index contributed by atoms with van der Waals surface area (Å²) in [5.74, 6) is -0.492. The normalized spacial score (nSPS) is 12.4. The molecule has 0 aliphatic carbocycles. The van der Waals surface area contributed by atoms with E-state index < -0.39 is 5.97 Å². The van der Waals surface area contributed by atoms with Crippen LogP contribution in [0.3, 0.4) is 0 Å². The van der Waals surface area contributed by atoms with Crippen molar-refractivity contribution < 1.29 is 9.53 Å². The van der Waals surface area contributed by atoms with Crippen molar-refractivity contribution in [2.45, 2.75) is 39.8 Å². The van der Waals surface area contributed by atoms with Crippen LogP contribution in [0.25, 0.3) is 0 Å². The summed E-state index contributed by atoms with van der Waals surface area (Å²) in [6.07, 6.45) is 2.88. The lowest BCUT2D eigenvalue weighted by Crippen LogP contribution is -2.13. The smallest absolute Gasteiger partial charge is 0.359 e. The highest BCUT2D eigenvalue weighted by Crippen LogP contribution is 2.17. The first-order valence-electron chi connectivity index (χ1n) is 6.94. The van der Waals surface area contributed by atoms with E-state index in [4.69, 9.17) is 10.5 Å². The van der Waals surface area contributed by atoms with E-state index >= 15 is 0 Å². The fourth-order valence-electron chi connectivity index (χ4n) is 2.01. The second-order valence-corrected chi connectivity index (χ2v) is 5.09. The molecule has 0 saturated heterocycles. The van der Waals surface area contributed by atoms with Crippen LogP contribution >= 0.6 is 0 Å². The van der Waals surface area contributed by atoms with E-state index in [1.165, 1.54) is 4.68 Å². The number of rotatable bonds is 5. The molecule has 2 rings (SSSR count). The van der Waals surface area contributed by atoms with E-state index in [2.05, 4.69) is 24.0 Å². The molecule has 2 aromatic heterocycles. The Kier molecular flexibility index (Phi) is 4.30. The van der Waals surface area contributed by atoms with Gasteiger partial charge in [0.25, 0.3) is 0 Å². The van der Waals surface area contributed by atoms with Gasteiger partial charge in [-0.1, -0.05) is 6.92 Å². The molecule has 0 bridgehead atoms. The minimum Gasteiger partial charge on any atom is -0.454 e. The van der Waals surface area contributed by atoms with Crippen LogP contribution in [0.15, 0.2) is 12.3 Å². The fourth-order valence-corrected chi connectivity index (χ4v) is 2.01. The molecule has 0 aliphatic rings. The molecule has 2 heterocycles. The molecule has 0 spiro atoms. The average Bonchev–Trinajstić information content (AvgIpc) is 3.01. The standard InChI is InChI=1S/C14H21N5O2/c1-5-9(2)19-7-6-11(17-19)8-21-14(20)13-12(15)10(3)16-18(13)4/h6-7,9H,5,8,15H2,1-4H3. The van der Waals surface area contributed by atoms with Gasteiger partial charge in [-0.3, -0.25) is 9.36 Å². The lowest BCUT2D eigenvalue weighted by Gasteiger charge is -2.08. The predicted molar refractivity (Wildman–Crippen MR) is 78.7 cm³/mol. The topological polar surface area (TPSA) is 88.0 Å². The first kappa shape index (κ1) is 15.1. The number of aromatic nitrogens is 4. The quantitative estimate of drug-likeness (QED) is 0.849. The van der Waals surface area contributed by atoms with Crippen molar-refractivity contribution in [2.24, 2.45) is 7.05 Å². The predicted octanol–water partition coefficient (Wildman–Crippen LogP) is 1.84. The summed E-state index contributed by atoms with van der Waals surface area (Å²) in [5.41, 5.74) is 7.78. The second-order valence-electron chi connectivity index (χ2n) is 5.09. The lowest BCUT2D eigenvalue weighted by atomic mass is 10.3. The zero-order valence-corrected chi connectivity index (χ0v) is 12.8. The molecule has 21 heavy (non-hydrogen) atoms. The molecule has 1 unspecified atom stereocenters. The van der Waals surface area contributed by atoms with Gasteiger partial charge in [0, 0.05) is 19.3 Å². The highest BCUT2D eigenvalue weighted by atomic mass is 16.5. The number of nitrogens with two attached hydrogens (primary N) is 1. The van der Waals surface area contributed by atoms with Crippen LogP contribution in [0.2, 0.25) is 0 Å². The Morgan fingerprint density at radius 1 is 1.48 bits per heavy atom. The van der Waals surface area contributed by atoms with Gasteiger partial charge in [0.2, 0.25) is 0 Å². The van der Waals surface area contributed by atoms with Gasteiger partial charge in [-0.15, -0.1) is 0 Å². The number of hydrogen-bond acceptors (Lipinski definition) is 5. The Hall–Kier alpha value is -2.31. The first-order chi connectivity index (χ1) is 9.93. The number of anilines is 1. The van der Waals surface area contributed by atoms with Crippen LogP contribution in [-0.2, 0) is 18.4 Å². The molecular weight excluding hydrogens is 270 g/mol. The zero-order valence-electron chi connectivity index (χ0n) is 12.8. The number of carbonyl (C=O) groups excluding carboxylic acids is 1. The molecule has 7 heteroatoms. The van der Waals surface area contributed by atoms with E-state index in [1.54, 1.807) is 14.0 Å². The summed E-state index contributed by atoms with van der Waals surface area (Å²) in [7, 11) is 1.66. The number of ether oxygens (including phenoxy) is 1. The lowest BCUT2D eigenvalue weighted by molar-refractivity contribution is 0.0455. The summed E-state index contributed by atoms with van der Waals surface area (Å²) < 4.78 is 8.56. The van der Waals surface area contributed by atoms with Crippen LogP contribution in [0, 0.1) is 6.92 Å². The van der Waals surface area contributed by atoms with E-state index in [9.17, 15) is 4.79 Å². The maximum atomic E-state index is 12.1. The molecule has 0 saturated carbocycles. The molecule has 2 aromatic rings. The van der Waals surface area contributed by atoms with Gasteiger partial charge in [-0.25, -0.2) is 4.79 Å². The molecule has 1 atom stereocenters. The Morgan fingerprint density at radius 2 is 2.19 bits per heavy atom. The van der Waals surface area contributed by atoms with E-state index in [-0.39, 0.29) is 12.3 Å². The summed E-state index contributed by atoms with van der Waals surface area (Å²) in [6, 6.07) is 2.17.